The molecule has 124 valence electrons. The van der Waals surface area contributed by atoms with Gasteiger partial charge in [0.25, 0.3) is 0 Å². The number of carbonyl (C=O) groups is 2. The van der Waals surface area contributed by atoms with Gasteiger partial charge >= 0.3 is 5.97 Å². The lowest BCUT2D eigenvalue weighted by molar-refractivity contribution is -0.137. The minimum atomic E-state index is -0.734. The Morgan fingerprint density at radius 3 is 2.64 bits per heavy atom. The summed E-state index contributed by atoms with van der Waals surface area (Å²) in [7, 11) is 0. The van der Waals surface area contributed by atoms with Gasteiger partial charge in [0, 0.05) is 12.3 Å². The number of carboxylic acid groups (broad SMARTS) is 1. The van der Waals surface area contributed by atoms with Crippen molar-refractivity contribution in [3.63, 3.8) is 0 Å². The standard InChI is InChI=1S/C18H28O4/c1-2-14-10-13-17(20)16(14)12-11-15(19)8-6-4-3-5-7-9-18(21)22/h10-16,19H,2-9H2,1H3,(H,21,22)/b12-11+/t14-,15-,16-/m1/s1. The summed E-state index contributed by atoms with van der Waals surface area (Å²) in [6.45, 7) is 2.06. The Bertz CT molecular complexity index is 411. The topological polar surface area (TPSA) is 74.6 Å². The molecule has 0 bridgehead atoms. The first-order valence-electron chi connectivity index (χ1n) is 8.34. The summed E-state index contributed by atoms with van der Waals surface area (Å²) in [6.07, 6.45) is 13.2. The molecule has 0 aromatic rings. The largest absolute Gasteiger partial charge is 0.481 e. The normalized spacial score (nSPS) is 22.5. The quantitative estimate of drug-likeness (QED) is 0.452. The van der Waals surface area contributed by atoms with Crippen molar-refractivity contribution in [3.05, 3.63) is 24.3 Å². The molecule has 1 rings (SSSR count). The Morgan fingerprint density at radius 2 is 1.95 bits per heavy atom. The highest BCUT2D eigenvalue weighted by Crippen LogP contribution is 2.26. The van der Waals surface area contributed by atoms with Crippen LogP contribution in [0.25, 0.3) is 0 Å². The third-order valence-electron chi connectivity index (χ3n) is 4.20. The van der Waals surface area contributed by atoms with Crippen molar-refractivity contribution in [3.8, 4) is 0 Å². The fraction of sp³-hybridized carbons (Fsp3) is 0.667. The Morgan fingerprint density at radius 1 is 1.27 bits per heavy atom. The molecule has 0 aromatic heterocycles. The Labute approximate surface area is 132 Å². The molecule has 0 aliphatic heterocycles. The van der Waals surface area contributed by atoms with Crippen molar-refractivity contribution in [2.75, 3.05) is 0 Å². The number of aliphatic carboxylic acids is 1. The van der Waals surface area contributed by atoms with Gasteiger partial charge < -0.3 is 10.2 Å². The van der Waals surface area contributed by atoms with Crippen molar-refractivity contribution in [1.29, 1.82) is 0 Å². The van der Waals surface area contributed by atoms with Crippen LogP contribution in [-0.4, -0.2) is 28.1 Å². The molecule has 0 amide bonds. The van der Waals surface area contributed by atoms with E-state index in [1.54, 1.807) is 12.2 Å². The molecule has 4 nitrogen and oxygen atoms in total. The van der Waals surface area contributed by atoms with Crippen LogP contribution in [0.15, 0.2) is 24.3 Å². The molecule has 0 heterocycles. The third-order valence-corrected chi connectivity index (χ3v) is 4.20. The second-order valence-corrected chi connectivity index (χ2v) is 6.01. The Balaban J connectivity index is 2.13. The molecule has 0 saturated carbocycles. The Kier molecular flexibility index (Phi) is 8.75. The van der Waals surface area contributed by atoms with Gasteiger partial charge in [-0.15, -0.1) is 0 Å². The van der Waals surface area contributed by atoms with E-state index in [-0.39, 0.29) is 24.0 Å². The summed E-state index contributed by atoms with van der Waals surface area (Å²) in [5.74, 6) is -0.434. The predicted octanol–water partition coefficient (Wildman–Crippen LogP) is 3.50. The maximum atomic E-state index is 11.7. The van der Waals surface area contributed by atoms with Gasteiger partial charge in [0.05, 0.1) is 6.10 Å². The van der Waals surface area contributed by atoms with Gasteiger partial charge in [-0.25, -0.2) is 0 Å². The van der Waals surface area contributed by atoms with Gasteiger partial charge in [0.2, 0.25) is 0 Å². The van der Waals surface area contributed by atoms with Crippen LogP contribution >= 0.6 is 0 Å². The van der Waals surface area contributed by atoms with Gasteiger partial charge in [-0.3, -0.25) is 9.59 Å². The number of rotatable bonds is 11. The van der Waals surface area contributed by atoms with Crippen molar-refractivity contribution >= 4 is 11.8 Å². The number of aliphatic hydroxyl groups excluding tert-OH is 1. The number of ketones is 1. The van der Waals surface area contributed by atoms with E-state index >= 15 is 0 Å². The van der Waals surface area contributed by atoms with Crippen LogP contribution in [0.1, 0.15) is 58.3 Å². The zero-order valence-corrected chi connectivity index (χ0v) is 13.4. The van der Waals surface area contributed by atoms with Gasteiger partial charge in [0.15, 0.2) is 5.78 Å². The number of hydrogen-bond acceptors (Lipinski definition) is 3. The monoisotopic (exact) mass is 308 g/mol. The van der Waals surface area contributed by atoms with Crippen LogP contribution in [0.2, 0.25) is 0 Å². The summed E-state index contributed by atoms with van der Waals surface area (Å²) in [5, 5.41) is 18.5. The second-order valence-electron chi connectivity index (χ2n) is 6.01. The SMILES string of the molecule is CC[C@@H]1C=CC(=O)[C@@H]1/C=C/[C@H](O)CCCCCCCC(=O)O. The van der Waals surface area contributed by atoms with Gasteiger partial charge in [-0.1, -0.05) is 50.8 Å². The molecule has 0 saturated heterocycles. The van der Waals surface area contributed by atoms with Crippen LogP contribution in [-0.2, 0) is 9.59 Å². The molecule has 3 atom stereocenters. The first kappa shape index (κ1) is 18.6. The van der Waals surface area contributed by atoms with Gasteiger partial charge in [0.1, 0.15) is 0 Å². The second kappa shape index (κ2) is 10.3. The van der Waals surface area contributed by atoms with E-state index in [1.165, 1.54) is 0 Å². The summed E-state index contributed by atoms with van der Waals surface area (Å²) in [6, 6.07) is 0. The highest BCUT2D eigenvalue weighted by atomic mass is 16.4. The van der Waals surface area contributed by atoms with Crippen LogP contribution in [0.3, 0.4) is 0 Å². The number of hydrogen-bond donors (Lipinski definition) is 2. The van der Waals surface area contributed by atoms with Gasteiger partial charge in [-0.05, 0) is 31.3 Å². The molecule has 0 aromatic carbocycles. The highest BCUT2D eigenvalue weighted by molar-refractivity contribution is 5.95. The average Bonchev–Trinajstić information content (AvgIpc) is 2.84. The number of allylic oxidation sites excluding steroid dienone is 3. The average molecular weight is 308 g/mol. The number of unbranched alkanes of at least 4 members (excludes halogenated alkanes) is 4. The molecular weight excluding hydrogens is 280 g/mol. The van der Waals surface area contributed by atoms with Crippen molar-refractivity contribution < 1.29 is 19.8 Å². The molecule has 1 aliphatic carbocycles. The summed E-state index contributed by atoms with van der Waals surface area (Å²) in [4.78, 5) is 22.1. The summed E-state index contributed by atoms with van der Waals surface area (Å²) < 4.78 is 0. The van der Waals surface area contributed by atoms with E-state index in [2.05, 4.69) is 6.92 Å². The minimum Gasteiger partial charge on any atom is -0.481 e. The van der Waals surface area contributed by atoms with Crippen LogP contribution < -0.4 is 0 Å². The predicted molar refractivity (Wildman–Crippen MR) is 86.5 cm³/mol. The first-order chi connectivity index (χ1) is 10.5. The lowest BCUT2D eigenvalue weighted by Gasteiger charge is -2.13. The molecule has 22 heavy (non-hydrogen) atoms. The van der Waals surface area contributed by atoms with E-state index in [4.69, 9.17) is 5.11 Å². The third kappa shape index (κ3) is 7.03. The molecule has 4 heteroatoms. The molecular formula is C18H28O4. The zero-order valence-electron chi connectivity index (χ0n) is 13.4. The molecule has 2 N–H and O–H groups in total. The Hall–Kier alpha value is -1.42. The van der Waals surface area contributed by atoms with E-state index in [1.807, 2.05) is 12.2 Å². The maximum Gasteiger partial charge on any atom is 0.303 e. The molecule has 0 radical (unpaired) electrons. The van der Waals surface area contributed by atoms with E-state index in [9.17, 15) is 14.7 Å². The maximum absolute atomic E-state index is 11.7. The fourth-order valence-corrected chi connectivity index (χ4v) is 2.79. The molecule has 0 fully saturated rings. The smallest absolute Gasteiger partial charge is 0.303 e. The summed E-state index contributed by atoms with van der Waals surface area (Å²) >= 11 is 0. The van der Waals surface area contributed by atoms with Crippen molar-refractivity contribution in [2.24, 2.45) is 11.8 Å². The molecule has 0 unspecified atom stereocenters. The van der Waals surface area contributed by atoms with Crippen LogP contribution in [0, 0.1) is 11.8 Å². The fourth-order valence-electron chi connectivity index (χ4n) is 2.79. The first-order valence-corrected chi connectivity index (χ1v) is 8.34. The van der Waals surface area contributed by atoms with Crippen molar-refractivity contribution in [2.45, 2.75) is 64.4 Å². The zero-order chi connectivity index (χ0) is 16.4. The van der Waals surface area contributed by atoms with E-state index in [0.717, 1.165) is 38.5 Å². The number of carbonyl (C=O) groups excluding carboxylic acids is 1. The lowest BCUT2D eigenvalue weighted by atomic mass is 9.91. The molecule has 1 aliphatic rings. The van der Waals surface area contributed by atoms with E-state index < -0.39 is 12.1 Å². The highest BCUT2D eigenvalue weighted by Gasteiger charge is 2.26. The van der Waals surface area contributed by atoms with E-state index in [0.29, 0.717) is 6.42 Å². The van der Waals surface area contributed by atoms with Crippen LogP contribution in [0.4, 0.5) is 0 Å². The van der Waals surface area contributed by atoms with Crippen molar-refractivity contribution in [1.82, 2.24) is 0 Å². The van der Waals surface area contributed by atoms with Crippen LogP contribution in [0.5, 0.6) is 0 Å². The minimum absolute atomic E-state index is 0.101. The number of aliphatic hydroxyl groups is 1. The molecule has 0 spiro atoms. The number of carboxylic acids is 1. The summed E-state index contributed by atoms with van der Waals surface area (Å²) in [5.41, 5.74) is 0. The van der Waals surface area contributed by atoms with Gasteiger partial charge in [-0.2, -0.15) is 0 Å². The lowest BCUT2D eigenvalue weighted by Crippen LogP contribution is -2.13.